The molecule has 25 heavy (non-hydrogen) atoms. The van der Waals surface area contributed by atoms with Gasteiger partial charge in [-0.2, -0.15) is 0 Å². The summed E-state index contributed by atoms with van der Waals surface area (Å²) >= 11 is 3.93. The summed E-state index contributed by atoms with van der Waals surface area (Å²) in [5.74, 6) is 0.472. The first-order valence-electron chi connectivity index (χ1n) is 9.12. The Morgan fingerprint density at radius 2 is 1.80 bits per heavy atom. The average molecular weight is 415 g/mol. The summed E-state index contributed by atoms with van der Waals surface area (Å²) in [5, 5.41) is 4.71. The molecule has 7 heteroatoms. The van der Waals surface area contributed by atoms with E-state index < -0.39 is 18.5 Å². The topological polar surface area (TPSA) is 84.5 Å². The lowest BCUT2D eigenvalue weighted by Gasteiger charge is -2.60. The van der Waals surface area contributed by atoms with Crippen LogP contribution in [-0.2, 0) is 14.3 Å². The number of nitrogens with one attached hydrogen (secondary N) is 2. The number of hydrogen-bond acceptors (Lipinski definition) is 4. The average Bonchev–Trinajstić information content (AvgIpc) is 2.40. The van der Waals surface area contributed by atoms with Crippen LogP contribution in [0, 0.1) is 17.3 Å². The minimum Gasteiger partial charge on any atom is -0.456 e. The van der Waals surface area contributed by atoms with Crippen molar-refractivity contribution < 1.29 is 19.1 Å². The molecule has 0 unspecified atom stereocenters. The van der Waals surface area contributed by atoms with Crippen LogP contribution >= 0.6 is 15.9 Å². The number of alkyl halides is 1. The van der Waals surface area contributed by atoms with Crippen molar-refractivity contribution in [3.8, 4) is 0 Å². The molecule has 0 saturated heterocycles. The number of carbonyl (C=O) groups excluding carboxylic acids is 3. The van der Waals surface area contributed by atoms with E-state index in [4.69, 9.17) is 4.74 Å². The zero-order valence-corrected chi connectivity index (χ0v) is 16.5. The Labute approximate surface area is 156 Å². The van der Waals surface area contributed by atoms with E-state index in [2.05, 4.69) is 26.6 Å². The number of carbonyl (C=O) groups is 3. The smallest absolute Gasteiger partial charge is 0.321 e. The molecule has 4 aliphatic rings. The van der Waals surface area contributed by atoms with Gasteiger partial charge in [-0.3, -0.25) is 14.9 Å². The second-order valence-corrected chi connectivity index (χ2v) is 10.3. The predicted molar refractivity (Wildman–Crippen MR) is 96.2 cm³/mol. The SMILES string of the molecule is CC(C)NC(=O)NC(=O)COC(=O)CC12C[C@@H]3C[C@H](CC(Br)(C3)C1)C2. The van der Waals surface area contributed by atoms with E-state index in [9.17, 15) is 14.4 Å². The number of ether oxygens (including phenoxy) is 1. The lowest BCUT2D eigenvalue weighted by Crippen LogP contribution is -2.53. The highest BCUT2D eigenvalue weighted by Gasteiger charge is 2.57. The van der Waals surface area contributed by atoms with Crippen molar-refractivity contribution in [2.24, 2.45) is 17.3 Å². The van der Waals surface area contributed by atoms with Crippen molar-refractivity contribution in [3.05, 3.63) is 0 Å². The maximum Gasteiger partial charge on any atom is 0.321 e. The van der Waals surface area contributed by atoms with E-state index in [1.807, 2.05) is 0 Å². The van der Waals surface area contributed by atoms with Crippen LogP contribution < -0.4 is 10.6 Å². The van der Waals surface area contributed by atoms with Gasteiger partial charge in [0.25, 0.3) is 5.91 Å². The van der Waals surface area contributed by atoms with Gasteiger partial charge < -0.3 is 10.1 Å². The normalized spacial score (nSPS) is 35.5. The van der Waals surface area contributed by atoms with Gasteiger partial charge in [0.05, 0.1) is 6.42 Å². The van der Waals surface area contributed by atoms with Crippen LogP contribution in [0.4, 0.5) is 4.79 Å². The highest BCUT2D eigenvalue weighted by atomic mass is 79.9. The van der Waals surface area contributed by atoms with Crippen molar-refractivity contribution in [2.45, 2.75) is 69.2 Å². The summed E-state index contributed by atoms with van der Waals surface area (Å²) in [5.41, 5.74) is 0.0240. The highest BCUT2D eigenvalue weighted by molar-refractivity contribution is 9.10. The second-order valence-electron chi connectivity index (χ2n) is 8.63. The molecule has 0 aromatic rings. The van der Waals surface area contributed by atoms with E-state index in [1.165, 1.54) is 19.3 Å². The number of esters is 1. The number of imide groups is 1. The molecule has 4 aliphatic carbocycles. The van der Waals surface area contributed by atoms with Crippen molar-refractivity contribution in [1.82, 2.24) is 10.6 Å². The number of hydrogen-bond donors (Lipinski definition) is 2. The van der Waals surface area contributed by atoms with Gasteiger partial charge in [-0.15, -0.1) is 0 Å². The van der Waals surface area contributed by atoms with Gasteiger partial charge in [-0.05, 0) is 69.6 Å². The Hall–Kier alpha value is -1.11. The standard InChI is InChI=1S/C18H27BrN2O4/c1-11(2)20-16(24)21-14(22)9-25-15(23)8-17-4-12-3-13(5-17)7-18(19,6-12)10-17/h11-13H,3-10H2,1-2H3,(H2,20,21,22,24)/t12-,13-,17?,18?/m0/s1. The molecular weight excluding hydrogens is 388 g/mol. The minimum absolute atomic E-state index is 0.0240. The molecule has 0 aromatic heterocycles. The molecule has 0 radical (unpaired) electrons. The third kappa shape index (κ3) is 4.54. The summed E-state index contributed by atoms with van der Waals surface area (Å²) in [6.45, 7) is 3.19. The molecule has 0 spiro atoms. The van der Waals surface area contributed by atoms with Crippen LogP contribution in [0.2, 0.25) is 0 Å². The van der Waals surface area contributed by atoms with Crippen LogP contribution in [0.25, 0.3) is 0 Å². The lowest BCUT2D eigenvalue weighted by molar-refractivity contribution is -0.154. The molecule has 4 rings (SSSR count). The molecule has 2 N–H and O–H groups in total. The molecule has 0 heterocycles. The molecule has 140 valence electrons. The van der Waals surface area contributed by atoms with Gasteiger partial charge in [0.1, 0.15) is 0 Å². The number of amides is 3. The van der Waals surface area contributed by atoms with Crippen molar-refractivity contribution in [1.29, 1.82) is 0 Å². The molecule has 6 nitrogen and oxygen atoms in total. The Morgan fingerprint density at radius 1 is 1.16 bits per heavy atom. The summed E-state index contributed by atoms with van der Waals surface area (Å²) in [7, 11) is 0. The monoisotopic (exact) mass is 414 g/mol. The van der Waals surface area contributed by atoms with Crippen molar-refractivity contribution >= 4 is 33.8 Å². The molecule has 2 atom stereocenters. The quantitative estimate of drug-likeness (QED) is 0.534. The molecule has 0 aliphatic heterocycles. The Morgan fingerprint density at radius 3 is 2.36 bits per heavy atom. The fourth-order valence-corrected chi connectivity index (χ4v) is 7.02. The fourth-order valence-electron chi connectivity index (χ4n) is 5.51. The predicted octanol–water partition coefficient (Wildman–Crippen LogP) is 2.89. The highest BCUT2D eigenvalue weighted by Crippen LogP contribution is 2.65. The number of halogens is 1. The van der Waals surface area contributed by atoms with Crippen LogP contribution in [0.5, 0.6) is 0 Å². The van der Waals surface area contributed by atoms with Crippen LogP contribution in [0.15, 0.2) is 0 Å². The van der Waals surface area contributed by atoms with Gasteiger partial charge >= 0.3 is 12.0 Å². The van der Waals surface area contributed by atoms with E-state index in [1.54, 1.807) is 13.8 Å². The Bertz CT molecular complexity index is 563. The molecule has 4 fully saturated rings. The number of rotatable bonds is 5. The third-order valence-corrected chi connectivity index (χ3v) is 6.60. The van der Waals surface area contributed by atoms with Crippen LogP contribution in [-0.4, -0.2) is 34.9 Å². The zero-order chi connectivity index (χ0) is 18.2. The van der Waals surface area contributed by atoms with E-state index in [0.29, 0.717) is 18.3 Å². The van der Waals surface area contributed by atoms with Gasteiger partial charge in [0, 0.05) is 10.4 Å². The third-order valence-electron chi connectivity index (χ3n) is 5.67. The van der Waals surface area contributed by atoms with Crippen LogP contribution in [0.3, 0.4) is 0 Å². The molecular formula is C18H27BrN2O4. The summed E-state index contributed by atoms with van der Waals surface area (Å²) in [6.07, 6.45) is 7.30. The zero-order valence-electron chi connectivity index (χ0n) is 14.9. The molecule has 3 amide bonds. The van der Waals surface area contributed by atoms with E-state index in [-0.39, 0.29) is 21.8 Å². The largest absolute Gasteiger partial charge is 0.456 e. The van der Waals surface area contributed by atoms with Crippen LogP contribution in [0.1, 0.15) is 58.8 Å². The van der Waals surface area contributed by atoms with E-state index >= 15 is 0 Å². The first-order valence-corrected chi connectivity index (χ1v) is 9.91. The minimum atomic E-state index is -0.603. The summed E-state index contributed by atoms with van der Waals surface area (Å²) in [6, 6.07) is -0.638. The van der Waals surface area contributed by atoms with Gasteiger partial charge in [-0.1, -0.05) is 15.9 Å². The Kier molecular flexibility index (Phi) is 5.15. The van der Waals surface area contributed by atoms with Crippen molar-refractivity contribution in [3.63, 3.8) is 0 Å². The number of urea groups is 1. The second kappa shape index (κ2) is 6.89. The first kappa shape index (κ1) is 18.7. The fraction of sp³-hybridized carbons (Fsp3) is 0.833. The maximum atomic E-state index is 12.3. The first-order chi connectivity index (χ1) is 11.7. The summed E-state index contributed by atoms with van der Waals surface area (Å²) < 4.78 is 5.33. The maximum absolute atomic E-state index is 12.3. The van der Waals surface area contributed by atoms with Gasteiger partial charge in [0.2, 0.25) is 0 Å². The van der Waals surface area contributed by atoms with Gasteiger partial charge in [-0.25, -0.2) is 4.79 Å². The molecule has 0 aromatic carbocycles. The molecule has 4 bridgehead atoms. The molecule has 4 saturated carbocycles. The van der Waals surface area contributed by atoms with Crippen molar-refractivity contribution in [2.75, 3.05) is 6.61 Å². The Balaban J connectivity index is 1.47. The van der Waals surface area contributed by atoms with E-state index in [0.717, 1.165) is 19.3 Å². The summed E-state index contributed by atoms with van der Waals surface area (Å²) in [4.78, 5) is 35.4. The van der Waals surface area contributed by atoms with Gasteiger partial charge in [0.15, 0.2) is 6.61 Å². The lowest BCUT2D eigenvalue weighted by atomic mass is 9.49.